The number of nitrogens with one attached hydrogen (secondary N) is 2. The zero-order valence-electron chi connectivity index (χ0n) is 10.4. The molecule has 0 aromatic carbocycles. The van der Waals surface area contributed by atoms with E-state index in [1.54, 1.807) is 0 Å². The Morgan fingerprint density at radius 3 is 2.94 bits per heavy atom. The van der Waals surface area contributed by atoms with Gasteiger partial charge in [-0.25, -0.2) is 4.79 Å². The van der Waals surface area contributed by atoms with E-state index in [2.05, 4.69) is 10.3 Å². The molecule has 0 aliphatic heterocycles. The first kappa shape index (κ1) is 14.9. The van der Waals surface area contributed by atoms with Gasteiger partial charge in [-0.1, -0.05) is 11.6 Å². The predicted octanol–water partition coefficient (Wildman–Crippen LogP) is 0.206. The largest absolute Gasteiger partial charge is 0.382 e. The maximum atomic E-state index is 11.4. The van der Waals surface area contributed by atoms with Crippen LogP contribution in [-0.4, -0.2) is 35.9 Å². The fourth-order valence-electron chi connectivity index (χ4n) is 1.42. The van der Waals surface area contributed by atoms with Crippen LogP contribution in [-0.2, 0) is 11.3 Å². The lowest BCUT2D eigenvalue weighted by Crippen LogP contribution is -2.33. The second-order valence-electron chi connectivity index (χ2n) is 3.73. The van der Waals surface area contributed by atoms with Crippen molar-refractivity contribution < 1.29 is 4.74 Å². The van der Waals surface area contributed by atoms with Gasteiger partial charge in [-0.3, -0.25) is 14.3 Å². The van der Waals surface area contributed by atoms with Gasteiger partial charge in [0.05, 0.1) is 0 Å². The molecule has 0 spiro atoms. The van der Waals surface area contributed by atoms with Crippen LogP contribution in [0.2, 0.25) is 5.02 Å². The molecule has 1 rings (SSSR count). The molecule has 0 unspecified atom stereocenters. The van der Waals surface area contributed by atoms with Gasteiger partial charge in [0.25, 0.3) is 5.56 Å². The van der Waals surface area contributed by atoms with Crippen molar-refractivity contribution in [3.63, 3.8) is 0 Å². The van der Waals surface area contributed by atoms with Crippen LogP contribution in [0.25, 0.3) is 0 Å². The van der Waals surface area contributed by atoms with Gasteiger partial charge in [0.1, 0.15) is 5.02 Å². The first-order valence-electron chi connectivity index (χ1n) is 5.93. The van der Waals surface area contributed by atoms with Crippen LogP contribution in [0.1, 0.15) is 13.3 Å². The molecule has 7 heteroatoms. The average molecular weight is 276 g/mol. The molecular weight excluding hydrogens is 258 g/mol. The van der Waals surface area contributed by atoms with Crippen LogP contribution in [0.5, 0.6) is 0 Å². The fraction of sp³-hybridized carbons (Fsp3) is 0.636. The molecule has 6 nitrogen and oxygen atoms in total. The SMILES string of the molecule is CCOCCCNCCn1cc(Cl)c(=O)[nH]c1=O. The van der Waals surface area contributed by atoms with Crippen molar-refractivity contribution in [1.29, 1.82) is 0 Å². The molecule has 1 aromatic heterocycles. The quantitative estimate of drug-likeness (QED) is 0.665. The van der Waals surface area contributed by atoms with Crippen molar-refractivity contribution in [1.82, 2.24) is 14.9 Å². The normalized spacial score (nSPS) is 10.8. The van der Waals surface area contributed by atoms with Gasteiger partial charge in [-0.2, -0.15) is 0 Å². The Hall–Kier alpha value is -1.11. The van der Waals surface area contributed by atoms with E-state index in [0.29, 0.717) is 13.1 Å². The molecule has 0 aliphatic rings. The molecule has 0 saturated heterocycles. The molecule has 2 N–H and O–H groups in total. The predicted molar refractivity (Wildman–Crippen MR) is 70.3 cm³/mol. The summed E-state index contributed by atoms with van der Waals surface area (Å²) in [4.78, 5) is 24.6. The first-order chi connectivity index (χ1) is 8.65. The maximum absolute atomic E-state index is 11.4. The van der Waals surface area contributed by atoms with Crippen LogP contribution in [0.15, 0.2) is 15.8 Å². The average Bonchev–Trinajstić information content (AvgIpc) is 2.34. The number of aromatic nitrogens is 2. The molecule has 18 heavy (non-hydrogen) atoms. The number of nitrogens with zero attached hydrogens (tertiary/aromatic N) is 1. The topological polar surface area (TPSA) is 76.1 Å². The smallest absolute Gasteiger partial charge is 0.328 e. The Kier molecular flexibility index (Phi) is 6.70. The molecule has 0 bridgehead atoms. The monoisotopic (exact) mass is 275 g/mol. The van der Waals surface area contributed by atoms with Crippen LogP contribution < -0.4 is 16.6 Å². The summed E-state index contributed by atoms with van der Waals surface area (Å²) in [6.45, 7) is 5.34. The van der Waals surface area contributed by atoms with Gasteiger partial charge in [-0.05, 0) is 19.9 Å². The first-order valence-corrected chi connectivity index (χ1v) is 6.30. The summed E-state index contributed by atoms with van der Waals surface area (Å²) in [6, 6.07) is 0. The number of halogens is 1. The van der Waals surface area contributed by atoms with Gasteiger partial charge < -0.3 is 10.1 Å². The van der Waals surface area contributed by atoms with Crippen molar-refractivity contribution in [3.05, 3.63) is 32.1 Å². The van der Waals surface area contributed by atoms with Crippen molar-refractivity contribution in [2.24, 2.45) is 0 Å². The Labute approximate surface area is 110 Å². The minimum absolute atomic E-state index is 0.0194. The number of ether oxygens (including phenoxy) is 1. The maximum Gasteiger partial charge on any atom is 0.328 e. The molecule has 0 saturated carbocycles. The van der Waals surface area contributed by atoms with E-state index in [-0.39, 0.29) is 5.02 Å². The summed E-state index contributed by atoms with van der Waals surface area (Å²) in [6.07, 6.45) is 2.28. The van der Waals surface area contributed by atoms with E-state index in [0.717, 1.165) is 26.2 Å². The summed E-state index contributed by atoms with van der Waals surface area (Å²) in [5.41, 5.74) is -0.997. The van der Waals surface area contributed by atoms with Crippen molar-refractivity contribution in [2.45, 2.75) is 19.9 Å². The number of H-pyrrole nitrogens is 1. The molecule has 0 amide bonds. The van der Waals surface area contributed by atoms with E-state index in [4.69, 9.17) is 16.3 Å². The third-order valence-corrected chi connectivity index (χ3v) is 2.61. The number of rotatable bonds is 8. The highest BCUT2D eigenvalue weighted by atomic mass is 35.5. The van der Waals surface area contributed by atoms with E-state index in [1.807, 2.05) is 6.92 Å². The van der Waals surface area contributed by atoms with Crippen molar-refractivity contribution >= 4 is 11.6 Å². The second-order valence-corrected chi connectivity index (χ2v) is 4.14. The van der Waals surface area contributed by atoms with Crippen LogP contribution in [0, 0.1) is 0 Å². The highest BCUT2D eigenvalue weighted by molar-refractivity contribution is 6.30. The second kappa shape index (κ2) is 8.07. The van der Waals surface area contributed by atoms with E-state index >= 15 is 0 Å². The molecule has 0 fully saturated rings. The molecule has 1 aromatic rings. The summed E-state index contributed by atoms with van der Waals surface area (Å²) in [5, 5.41) is 3.20. The Bertz CT molecular complexity index is 469. The molecule has 102 valence electrons. The van der Waals surface area contributed by atoms with Gasteiger partial charge in [-0.15, -0.1) is 0 Å². The third kappa shape index (κ3) is 5.03. The van der Waals surface area contributed by atoms with E-state index in [1.165, 1.54) is 10.8 Å². The minimum atomic E-state index is -0.553. The van der Waals surface area contributed by atoms with E-state index < -0.39 is 11.2 Å². The zero-order valence-corrected chi connectivity index (χ0v) is 11.1. The molecule has 1 heterocycles. The fourth-order valence-corrected chi connectivity index (χ4v) is 1.58. The van der Waals surface area contributed by atoms with Gasteiger partial charge >= 0.3 is 5.69 Å². The summed E-state index contributed by atoms with van der Waals surface area (Å²) >= 11 is 5.64. The third-order valence-electron chi connectivity index (χ3n) is 2.34. The summed E-state index contributed by atoms with van der Waals surface area (Å²) in [7, 11) is 0. The van der Waals surface area contributed by atoms with Crippen molar-refractivity contribution in [3.8, 4) is 0 Å². The lowest BCUT2D eigenvalue weighted by atomic mass is 10.4. The van der Waals surface area contributed by atoms with Crippen LogP contribution in [0.3, 0.4) is 0 Å². The zero-order chi connectivity index (χ0) is 13.4. The molecular formula is C11H18ClN3O3. The van der Waals surface area contributed by atoms with Crippen LogP contribution in [0.4, 0.5) is 0 Å². The van der Waals surface area contributed by atoms with Gasteiger partial charge in [0.2, 0.25) is 0 Å². The number of hydrogen-bond donors (Lipinski definition) is 2. The van der Waals surface area contributed by atoms with Gasteiger partial charge in [0.15, 0.2) is 0 Å². The standard InChI is InChI=1S/C11H18ClN3O3/c1-2-18-7-3-4-13-5-6-15-8-9(12)10(16)14-11(15)17/h8,13H,2-7H2,1H3,(H,14,16,17). The Balaban J connectivity index is 2.30. The van der Waals surface area contributed by atoms with Crippen molar-refractivity contribution in [2.75, 3.05) is 26.3 Å². The number of hydrogen-bond acceptors (Lipinski definition) is 4. The summed E-state index contributed by atoms with van der Waals surface area (Å²) in [5.74, 6) is 0. The highest BCUT2D eigenvalue weighted by Gasteiger charge is 2.01. The Morgan fingerprint density at radius 1 is 1.44 bits per heavy atom. The number of aromatic amines is 1. The Morgan fingerprint density at radius 2 is 2.22 bits per heavy atom. The van der Waals surface area contributed by atoms with Crippen LogP contribution >= 0.6 is 11.6 Å². The minimum Gasteiger partial charge on any atom is -0.382 e. The molecule has 0 atom stereocenters. The summed E-state index contributed by atoms with van der Waals surface area (Å²) < 4.78 is 6.57. The molecule has 0 radical (unpaired) electrons. The lowest BCUT2D eigenvalue weighted by molar-refractivity contribution is 0.145. The lowest BCUT2D eigenvalue weighted by Gasteiger charge is -2.07. The highest BCUT2D eigenvalue weighted by Crippen LogP contribution is 1.94. The van der Waals surface area contributed by atoms with E-state index in [9.17, 15) is 9.59 Å². The molecule has 0 aliphatic carbocycles. The van der Waals surface area contributed by atoms with Gasteiger partial charge in [0, 0.05) is 32.5 Å².